The van der Waals surface area contributed by atoms with Gasteiger partial charge in [-0.1, -0.05) is 0 Å². The number of H-pyrrole nitrogens is 1. The molecule has 4 rings (SSSR count). The highest BCUT2D eigenvalue weighted by molar-refractivity contribution is 5.28. The number of nitrogens with one attached hydrogen (secondary N) is 1. The maximum absolute atomic E-state index is 8.82. The van der Waals surface area contributed by atoms with E-state index in [9.17, 15) is 0 Å². The van der Waals surface area contributed by atoms with Crippen LogP contribution in [-0.4, -0.2) is 63.8 Å². The maximum Gasteiger partial charge on any atom is 0.213 e. The number of hydrogen-bond acceptors (Lipinski definition) is 6. The Bertz CT molecular complexity index is 802. The molecule has 0 radical (unpaired) electrons. The van der Waals surface area contributed by atoms with E-state index in [1.54, 1.807) is 18.3 Å². The number of likely N-dealkylation sites (N-methyl/N-ethyl adjacent to an activating group) is 1. The highest BCUT2D eigenvalue weighted by atomic mass is 16.5. The van der Waals surface area contributed by atoms with Crippen molar-refractivity contribution in [3.63, 3.8) is 0 Å². The number of likely N-dealkylation sites (tertiary alicyclic amines) is 2. The summed E-state index contributed by atoms with van der Waals surface area (Å²) < 4.78 is 5.85. The lowest BCUT2D eigenvalue weighted by molar-refractivity contribution is -0.0229. The Morgan fingerprint density at radius 2 is 2.27 bits per heavy atom. The second-order valence-electron chi connectivity index (χ2n) is 7.67. The van der Waals surface area contributed by atoms with Crippen LogP contribution in [0.2, 0.25) is 0 Å². The van der Waals surface area contributed by atoms with Crippen molar-refractivity contribution in [3.8, 4) is 11.9 Å². The van der Waals surface area contributed by atoms with E-state index in [-0.39, 0.29) is 5.54 Å². The van der Waals surface area contributed by atoms with Crippen LogP contribution in [-0.2, 0) is 6.54 Å². The molecule has 7 heteroatoms. The lowest BCUT2D eigenvalue weighted by atomic mass is 9.84. The molecule has 2 aromatic rings. The van der Waals surface area contributed by atoms with E-state index < -0.39 is 0 Å². The second-order valence-corrected chi connectivity index (χ2v) is 7.67. The van der Waals surface area contributed by atoms with Crippen LogP contribution in [0.5, 0.6) is 5.88 Å². The summed E-state index contributed by atoms with van der Waals surface area (Å²) in [5.74, 6) is 1.10. The Morgan fingerprint density at radius 1 is 1.42 bits per heavy atom. The molecule has 2 saturated heterocycles. The molecule has 0 amide bonds. The number of hydrogen-bond donors (Lipinski definition) is 1. The van der Waals surface area contributed by atoms with Crippen LogP contribution in [0.3, 0.4) is 0 Å². The van der Waals surface area contributed by atoms with Gasteiger partial charge < -0.3 is 4.74 Å². The molecule has 1 N–H and O–H groups in total. The van der Waals surface area contributed by atoms with Gasteiger partial charge in [0, 0.05) is 55.6 Å². The van der Waals surface area contributed by atoms with Crippen molar-refractivity contribution in [2.24, 2.45) is 5.92 Å². The third-order valence-electron chi connectivity index (χ3n) is 5.52. The molecule has 0 aromatic carbocycles. The molecule has 0 bridgehead atoms. The van der Waals surface area contributed by atoms with Crippen LogP contribution in [0.4, 0.5) is 0 Å². The number of nitrogens with zero attached hydrogens (tertiary/aromatic N) is 5. The third-order valence-corrected chi connectivity index (χ3v) is 5.52. The molecular formula is C19H24N6O. The Hall–Kier alpha value is -2.43. The zero-order valence-corrected chi connectivity index (χ0v) is 15.3. The van der Waals surface area contributed by atoms with E-state index in [4.69, 9.17) is 10.00 Å². The van der Waals surface area contributed by atoms with Gasteiger partial charge >= 0.3 is 0 Å². The van der Waals surface area contributed by atoms with E-state index >= 15 is 0 Å². The average molecular weight is 352 g/mol. The Morgan fingerprint density at radius 3 is 2.92 bits per heavy atom. The van der Waals surface area contributed by atoms with Gasteiger partial charge in [0.05, 0.1) is 17.9 Å². The summed E-state index contributed by atoms with van der Waals surface area (Å²) in [6.45, 7) is 6.83. The topological polar surface area (TPSA) is 81.1 Å². The predicted octanol–water partition coefficient (Wildman–Crippen LogP) is 1.57. The minimum Gasteiger partial charge on any atom is -0.477 e. The first-order chi connectivity index (χ1) is 12.6. The van der Waals surface area contributed by atoms with E-state index in [0.29, 0.717) is 24.0 Å². The molecule has 0 aliphatic carbocycles. The molecule has 1 spiro atoms. The molecule has 26 heavy (non-hydrogen) atoms. The lowest BCUT2D eigenvalue weighted by Crippen LogP contribution is -2.66. The standard InChI is InChI=1S/C19H24N6O/c1-14-5-17(23-22-14)10-25-12-19(13-25)6-16(9-24(19)2)11-26-18-4-3-15(7-20)8-21-18/h3-5,8,16H,6,9-13H2,1-2H3,(H,22,23)/t16-/m0/s1. The predicted molar refractivity (Wildman–Crippen MR) is 96.5 cm³/mol. The third kappa shape index (κ3) is 3.30. The first kappa shape index (κ1) is 17.0. The van der Waals surface area contributed by atoms with Crippen LogP contribution >= 0.6 is 0 Å². The molecule has 4 heterocycles. The van der Waals surface area contributed by atoms with Gasteiger partial charge in [0.1, 0.15) is 6.07 Å². The average Bonchev–Trinajstić information content (AvgIpc) is 3.16. The van der Waals surface area contributed by atoms with Crippen molar-refractivity contribution in [3.05, 3.63) is 41.3 Å². The number of aromatic nitrogens is 3. The van der Waals surface area contributed by atoms with Crippen molar-refractivity contribution in [1.82, 2.24) is 25.0 Å². The Balaban J connectivity index is 1.27. The molecule has 0 unspecified atom stereocenters. The lowest BCUT2D eigenvalue weighted by Gasteiger charge is -2.52. The molecule has 136 valence electrons. The summed E-state index contributed by atoms with van der Waals surface area (Å²) in [6.07, 6.45) is 2.70. The fourth-order valence-electron chi connectivity index (χ4n) is 4.24. The quantitative estimate of drug-likeness (QED) is 0.880. The van der Waals surface area contributed by atoms with Crippen LogP contribution in [0, 0.1) is 24.2 Å². The first-order valence-corrected chi connectivity index (χ1v) is 9.00. The highest BCUT2D eigenvalue weighted by Gasteiger charge is 2.51. The van der Waals surface area contributed by atoms with Crippen LogP contribution in [0.15, 0.2) is 24.4 Å². The molecule has 2 aliphatic heterocycles. The molecule has 1 atom stereocenters. The highest BCUT2D eigenvalue weighted by Crippen LogP contribution is 2.39. The van der Waals surface area contributed by atoms with E-state index in [2.05, 4.69) is 44.2 Å². The zero-order valence-electron chi connectivity index (χ0n) is 15.3. The number of aromatic amines is 1. The SMILES string of the molecule is Cc1cc(CN2CC3(C[C@H](COc4ccc(C#N)cn4)CN3C)C2)n[nH]1. The zero-order chi connectivity index (χ0) is 18.1. The minimum absolute atomic E-state index is 0.275. The van der Waals surface area contributed by atoms with Crippen LogP contribution < -0.4 is 4.74 Å². The summed E-state index contributed by atoms with van der Waals surface area (Å²) in [6, 6.07) is 7.69. The van der Waals surface area contributed by atoms with E-state index in [0.717, 1.165) is 44.0 Å². The first-order valence-electron chi connectivity index (χ1n) is 9.00. The van der Waals surface area contributed by atoms with Gasteiger partial charge in [0.2, 0.25) is 5.88 Å². The summed E-state index contributed by atoms with van der Waals surface area (Å²) in [7, 11) is 2.22. The second kappa shape index (κ2) is 6.71. The van der Waals surface area contributed by atoms with E-state index in [1.165, 1.54) is 0 Å². The fraction of sp³-hybridized carbons (Fsp3) is 0.526. The van der Waals surface area contributed by atoms with Gasteiger partial charge in [-0.25, -0.2) is 4.98 Å². The number of rotatable bonds is 5. The Labute approximate surface area is 153 Å². The summed E-state index contributed by atoms with van der Waals surface area (Å²) >= 11 is 0. The maximum atomic E-state index is 8.82. The molecular weight excluding hydrogens is 328 g/mol. The molecule has 2 aromatic heterocycles. The normalized spacial score (nSPS) is 22.3. The molecule has 7 nitrogen and oxygen atoms in total. The smallest absolute Gasteiger partial charge is 0.213 e. The van der Waals surface area contributed by atoms with Crippen LogP contribution in [0.25, 0.3) is 0 Å². The molecule has 0 saturated carbocycles. The van der Waals surface area contributed by atoms with Gasteiger partial charge in [0.25, 0.3) is 0 Å². The summed E-state index contributed by atoms with van der Waals surface area (Å²) in [5.41, 5.74) is 3.06. The Kier molecular flexibility index (Phi) is 4.39. The number of pyridine rings is 1. The summed E-state index contributed by atoms with van der Waals surface area (Å²) in [5, 5.41) is 16.2. The van der Waals surface area contributed by atoms with Gasteiger partial charge in [-0.15, -0.1) is 0 Å². The van der Waals surface area contributed by atoms with Crippen molar-refractivity contribution < 1.29 is 4.74 Å². The number of ether oxygens (including phenoxy) is 1. The van der Waals surface area contributed by atoms with Crippen molar-refractivity contribution in [1.29, 1.82) is 5.26 Å². The molecule has 2 fully saturated rings. The van der Waals surface area contributed by atoms with Crippen molar-refractivity contribution >= 4 is 0 Å². The summed E-state index contributed by atoms with van der Waals surface area (Å²) in [4.78, 5) is 9.13. The van der Waals surface area contributed by atoms with Gasteiger partial charge in [-0.05, 0) is 32.5 Å². The monoisotopic (exact) mass is 352 g/mol. The number of aryl methyl sites for hydroxylation is 1. The van der Waals surface area contributed by atoms with Gasteiger partial charge in [0.15, 0.2) is 0 Å². The van der Waals surface area contributed by atoms with Crippen molar-refractivity contribution in [2.75, 3.05) is 33.3 Å². The fourth-order valence-corrected chi connectivity index (χ4v) is 4.24. The number of nitriles is 1. The minimum atomic E-state index is 0.275. The molecule has 2 aliphatic rings. The van der Waals surface area contributed by atoms with Gasteiger partial charge in [-0.3, -0.25) is 14.9 Å². The van der Waals surface area contributed by atoms with E-state index in [1.807, 2.05) is 6.92 Å². The van der Waals surface area contributed by atoms with Gasteiger partial charge in [-0.2, -0.15) is 10.4 Å². The largest absolute Gasteiger partial charge is 0.477 e. The van der Waals surface area contributed by atoms with Crippen molar-refractivity contribution in [2.45, 2.75) is 25.4 Å². The van der Waals surface area contributed by atoms with Crippen LogP contribution in [0.1, 0.15) is 23.4 Å².